The van der Waals surface area contributed by atoms with Crippen molar-refractivity contribution in [2.45, 2.75) is 46.6 Å². The van der Waals surface area contributed by atoms with E-state index in [1.165, 1.54) is 23.5 Å². The molecule has 0 bridgehead atoms. The Bertz CT molecular complexity index is 1800. The number of amides is 2. The lowest BCUT2D eigenvalue weighted by atomic mass is 10.0. The molecule has 1 aliphatic heterocycles. The van der Waals surface area contributed by atoms with Crippen LogP contribution in [0.5, 0.6) is 11.5 Å². The van der Waals surface area contributed by atoms with E-state index in [2.05, 4.69) is 44.2 Å². The molecule has 0 spiro atoms. The number of ether oxygens (including phenoxy) is 3. The van der Waals surface area contributed by atoms with E-state index in [0.717, 1.165) is 37.3 Å². The van der Waals surface area contributed by atoms with Gasteiger partial charge in [0, 0.05) is 76.8 Å². The van der Waals surface area contributed by atoms with Gasteiger partial charge in [0.05, 0.1) is 18.0 Å². The van der Waals surface area contributed by atoms with Crippen LogP contribution in [0, 0.1) is 19.7 Å². The van der Waals surface area contributed by atoms with E-state index in [-0.39, 0.29) is 23.9 Å². The van der Waals surface area contributed by atoms with Gasteiger partial charge in [-0.1, -0.05) is 30.3 Å². The second kappa shape index (κ2) is 19.1. The van der Waals surface area contributed by atoms with Crippen molar-refractivity contribution in [2.75, 3.05) is 69.8 Å². The third-order valence-electron chi connectivity index (χ3n) is 9.20. The Kier molecular flexibility index (Phi) is 14.1. The minimum absolute atomic E-state index is 0.150. The van der Waals surface area contributed by atoms with E-state index in [1.54, 1.807) is 37.4 Å². The zero-order valence-electron chi connectivity index (χ0n) is 31.2. The van der Waals surface area contributed by atoms with Crippen LogP contribution in [0.1, 0.15) is 37.0 Å². The lowest BCUT2D eigenvalue weighted by Crippen LogP contribution is -2.49. The van der Waals surface area contributed by atoms with E-state index in [0.29, 0.717) is 67.1 Å². The number of nitrogens with one attached hydrogen (secondary N) is 2. The van der Waals surface area contributed by atoms with Crippen molar-refractivity contribution < 1.29 is 28.2 Å². The van der Waals surface area contributed by atoms with Gasteiger partial charge in [0.1, 0.15) is 24.5 Å². The zero-order valence-corrected chi connectivity index (χ0v) is 31.2. The molecule has 282 valence electrons. The number of benzene rings is 3. The van der Waals surface area contributed by atoms with Gasteiger partial charge in [-0.05, 0) is 75.1 Å². The minimum Gasteiger partial charge on any atom is -0.489 e. The summed E-state index contributed by atoms with van der Waals surface area (Å²) >= 11 is 0. The van der Waals surface area contributed by atoms with E-state index in [4.69, 9.17) is 14.2 Å². The molecular formula is C40H50FN7O5. The van der Waals surface area contributed by atoms with Crippen molar-refractivity contribution in [3.63, 3.8) is 0 Å². The van der Waals surface area contributed by atoms with Gasteiger partial charge in [-0.3, -0.25) is 14.6 Å². The molecule has 0 unspecified atom stereocenters. The predicted molar refractivity (Wildman–Crippen MR) is 204 cm³/mol. The Hall–Kier alpha value is -5.11. The number of para-hydroxylation sites is 2. The lowest BCUT2D eigenvalue weighted by molar-refractivity contribution is -0.121. The van der Waals surface area contributed by atoms with Gasteiger partial charge < -0.3 is 24.8 Å². The van der Waals surface area contributed by atoms with E-state index < -0.39 is 11.9 Å². The molecule has 1 aromatic heterocycles. The van der Waals surface area contributed by atoms with Gasteiger partial charge in [0.2, 0.25) is 5.91 Å². The quantitative estimate of drug-likeness (QED) is 0.125. The van der Waals surface area contributed by atoms with E-state index in [1.807, 2.05) is 38.1 Å². The molecule has 0 atom stereocenters. The number of anilines is 4. The number of halogens is 1. The number of carbonyl (C=O) groups excluding carboxylic acids is 2. The summed E-state index contributed by atoms with van der Waals surface area (Å²) in [4.78, 5) is 41.4. The van der Waals surface area contributed by atoms with Crippen molar-refractivity contribution in [3.05, 3.63) is 95.7 Å². The van der Waals surface area contributed by atoms with Gasteiger partial charge in [0.25, 0.3) is 0 Å². The zero-order chi connectivity index (χ0) is 37.7. The summed E-state index contributed by atoms with van der Waals surface area (Å²) in [5, 5.41) is 6.19. The highest BCUT2D eigenvalue weighted by atomic mass is 19.1. The molecule has 2 N–H and O–H groups in total. The van der Waals surface area contributed by atoms with Crippen LogP contribution in [0.3, 0.4) is 0 Å². The minimum atomic E-state index is -0.709. The van der Waals surface area contributed by atoms with Crippen LogP contribution < -0.4 is 25.0 Å². The normalized spacial score (nSPS) is 13.5. The molecule has 4 aromatic rings. The van der Waals surface area contributed by atoms with Gasteiger partial charge in [-0.25, -0.2) is 24.1 Å². The first-order valence-electron chi connectivity index (χ1n) is 18.0. The van der Waals surface area contributed by atoms with Crippen LogP contribution in [0.25, 0.3) is 0 Å². The third-order valence-corrected chi connectivity index (χ3v) is 9.20. The Morgan fingerprint density at radius 1 is 0.981 bits per heavy atom. The molecule has 0 aliphatic carbocycles. The number of carbonyl (C=O) groups is 2. The fourth-order valence-corrected chi connectivity index (χ4v) is 6.21. The van der Waals surface area contributed by atoms with E-state index >= 15 is 4.39 Å². The van der Waals surface area contributed by atoms with Gasteiger partial charge in [-0.2, -0.15) is 0 Å². The van der Waals surface area contributed by atoms with Crippen LogP contribution in [0.2, 0.25) is 0 Å². The first-order chi connectivity index (χ1) is 25.6. The number of hydrogen-bond donors (Lipinski definition) is 2. The number of aromatic nitrogens is 2. The number of methoxy groups -OCH3 is 1. The molecular weight excluding hydrogens is 677 g/mol. The van der Waals surface area contributed by atoms with Crippen molar-refractivity contribution in [1.29, 1.82) is 0 Å². The summed E-state index contributed by atoms with van der Waals surface area (Å²) in [7, 11) is 1.57. The summed E-state index contributed by atoms with van der Waals surface area (Å²) in [6.45, 7) is 13.9. The number of nitrogens with zero attached hydrogens (tertiary/aromatic N) is 5. The second-order valence-corrected chi connectivity index (χ2v) is 13.2. The number of piperazine rings is 1. The van der Waals surface area contributed by atoms with Gasteiger partial charge in [0.15, 0.2) is 11.6 Å². The molecule has 2 heterocycles. The van der Waals surface area contributed by atoms with Crippen LogP contribution in [0.15, 0.2) is 73.2 Å². The molecule has 2 amide bonds. The summed E-state index contributed by atoms with van der Waals surface area (Å²) in [6, 6.07) is 17.8. The molecule has 5 rings (SSSR count). The molecule has 1 fully saturated rings. The van der Waals surface area contributed by atoms with Crippen molar-refractivity contribution in [2.24, 2.45) is 0 Å². The highest BCUT2D eigenvalue weighted by Gasteiger charge is 2.27. The molecule has 0 radical (unpaired) electrons. The number of hydrogen-bond acceptors (Lipinski definition) is 10. The summed E-state index contributed by atoms with van der Waals surface area (Å²) in [5.41, 5.74) is 3.57. The van der Waals surface area contributed by atoms with Crippen LogP contribution in [-0.4, -0.2) is 97.4 Å². The number of aryl methyl sites for hydroxylation is 3. The highest BCUT2D eigenvalue weighted by Crippen LogP contribution is 2.38. The fourth-order valence-electron chi connectivity index (χ4n) is 6.21. The van der Waals surface area contributed by atoms with Crippen molar-refractivity contribution in [1.82, 2.24) is 25.1 Å². The molecule has 13 heteroatoms. The Labute approximate surface area is 311 Å². The summed E-state index contributed by atoms with van der Waals surface area (Å²) < 4.78 is 32.5. The van der Waals surface area contributed by atoms with Crippen molar-refractivity contribution >= 4 is 34.9 Å². The molecule has 1 saturated heterocycles. The predicted octanol–water partition coefficient (Wildman–Crippen LogP) is 6.41. The highest BCUT2D eigenvalue weighted by molar-refractivity contribution is 6.01. The third kappa shape index (κ3) is 10.7. The number of rotatable bonds is 16. The molecule has 3 aromatic carbocycles. The topological polar surface area (TPSA) is 121 Å². The Morgan fingerprint density at radius 3 is 2.42 bits per heavy atom. The van der Waals surface area contributed by atoms with Crippen LogP contribution >= 0.6 is 0 Å². The average Bonchev–Trinajstić information content (AvgIpc) is 3.15. The monoisotopic (exact) mass is 727 g/mol. The first kappa shape index (κ1) is 39.1. The maximum absolute atomic E-state index is 15.6. The molecule has 1 aliphatic rings. The van der Waals surface area contributed by atoms with Crippen LogP contribution in [0.4, 0.5) is 32.1 Å². The summed E-state index contributed by atoms with van der Waals surface area (Å²) in [6.07, 6.45) is 2.64. The van der Waals surface area contributed by atoms with Gasteiger partial charge >= 0.3 is 6.09 Å². The lowest BCUT2D eigenvalue weighted by Gasteiger charge is -2.36. The van der Waals surface area contributed by atoms with Gasteiger partial charge in [-0.15, -0.1) is 0 Å². The average molecular weight is 728 g/mol. The smallest absolute Gasteiger partial charge is 0.425 e. The SMILES string of the molecule is COCCNC(=O)CCc1cccc(N(C(=O)Oc2c(C)cccc2C)c2ccncn2)c1Nc1ccc(OCCN2CCN(C(C)C)CC2)c(F)c1. The first-order valence-corrected chi connectivity index (χ1v) is 18.0. The summed E-state index contributed by atoms with van der Waals surface area (Å²) in [5.74, 6) is 0.158. The standard InChI is InChI=1S/C40H50FN7O5/c1-28(2)47-21-19-46(20-22-47)23-25-52-35-14-13-32(26-33(35)41)45-38-31(12-15-37(49)43-18-24-51-5)10-7-11-34(38)48(36-16-17-42-27-44-36)40(50)53-39-29(3)8-6-9-30(39)4/h6-11,13-14,16-17,26-28,45H,12,15,18-25H2,1-5H3,(H,43,49). The van der Waals surface area contributed by atoms with Crippen LogP contribution in [-0.2, 0) is 16.0 Å². The Morgan fingerprint density at radius 2 is 1.74 bits per heavy atom. The molecule has 0 saturated carbocycles. The maximum atomic E-state index is 15.6. The molecule has 53 heavy (non-hydrogen) atoms. The molecule has 12 nitrogen and oxygen atoms in total. The largest absolute Gasteiger partial charge is 0.489 e. The fraction of sp³-hybridized carbons (Fsp3) is 0.400. The second-order valence-electron chi connectivity index (χ2n) is 13.2. The van der Waals surface area contributed by atoms with Crippen molar-refractivity contribution in [3.8, 4) is 11.5 Å². The van der Waals surface area contributed by atoms with E-state index in [9.17, 15) is 9.59 Å². The Balaban J connectivity index is 1.42. The maximum Gasteiger partial charge on any atom is 0.425 e.